The molecule has 0 aliphatic carbocycles. The summed E-state index contributed by atoms with van der Waals surface area (Å²) in [4.78, 5) is 10.4. The maximum absolute atomic E-state index is 10.4. The largest absolute Gasteiger partial charge is 0.298 e. The molecule has 0 spiro atoms. The molecule has 0 amide bonds. The van der Waals surface area contributed by atoms with Gasteiger partial charge in [0.2, 0.25) is 0 Å². The molecule has 7 heavy (non-hydrogen) atoms. The summed E-state index contributed by atoms with van der Waals surface area (Å²) in [5.41, 5.74) is 0. The van der Waals surface area contributed by atoms with E-state index in [2.05, 4.69) is 31.9 Å². The number of carbonyl (C=O) groups is 1. The summed E-state index contributed by atoms with van der Waals surface area (Å²) in [5.74, 6) is 0.181. The van der Waals surface area contributed by atoms with Gasteiger partial charge in [0.25, 0.3) is 0 Å². The van der Waals surface area contributed by atoms with Gasteiger partial charge < -0.3 is 0 Å². The molecule has 0 aromatic carbocycles. The Balaban J connectivity index is 3.35. The highest BCUT2D eigenvalue weighted by molar-refractivity contribution is 9.10. The minimum atomic E-state index is -0.00752. The van der Waals surface area contributed by atoms with Gasteiger partial charge in [0.15, 0.2) is 5.78 Å². The zero-order valence-electron chi connectivity index (χ0n) is 3.95. The van der Waals surface area contributed by atoms with Gasteiger partial charge in [0, 0.05) is 0 Å². The van der Waals surface area contributed by atoms with Gasteiger partial charge in [0.1, 0.15) is 0 Å². The van der Waals surface area contributed by atoms with Crippen molar-refractivity contribution in [2.45, 2.75) is 11.8 Å². The zero-order valence-corrected chi connectivity index (χ0v) is 7.12. The van der Waals surface area contributed by atoms with Crippen molar-refractivity contribution in [3.8, 4) is 0 Å². The van der Waals surface area contributed by atoms with E-state index in [0.29, 0.717) is 5.33 Å². The first-order valence-electron chi connectivity index (χ1n) is 1.91. The molecular weight excluding hydrogens is 224 g/mol. The van der Waals surface area contributed by atoms with Gasteiger partial charge in [-0.3, -0.25) is 4.79 Å². The molecule has 0 aromatic rings. The zero-order chi connectivity index (χ0) is 5.86. The molecule has 0 heterocycles. The Morgan fingerprint density at radius 1 is 1.86 bits per heavy atom. The summed E-state index contributed by atoms with van der Waals surface area (Å²) < 4.78 is 0. The average molecular weight is 230 g/mol. The van der Waals surface area contributed by atoms with Crippen molar-refractivity contribution in [2.24, 2.45) is 0 Å². The molecule has 1 unspecified atom stereocenters. The van der Waals surface area contributed by atoms with E-state index in [0.717, 1.165) is 0 Å². The molecule has 0 aliphatic rings. The van der Waals surface area contributed by atoms with Crippen LogP contribution in [0.3, 0.4) is 0 Å². The van der Waals surface area contributed by atoms with Crippen molar-refractivity contribution < 1.29 is 4.79 Å². The highest BCUT2D eigenvalue weighted by Gasteiger charge is 2.04. The Hall–Kier alpha value is 0.630. The van der Waals surface area contributed by atoms with E-state index in [4.69, 9.17) is 0 Å². The van der Waals surface area contributed by atoms with E-state index in [1.165, 1.54) is 0 Å². The van der Waals surface area contributed by atoms with Crippen molar-refractivity contribution in [3.63, 3.8) is 0 Å². The molecule has 0 rings (SSSR count). The van der Waals surface area contributed by atoms with Crippen LogP contribution in [0.4, 0.5) is 0 Å². The lowest BCUT2D eigenvalue weighted by molar-refractivity contribution is -0.115. The van der Waals surface area contributed by atoms with Crippen molar-refractivity contribution in [1.82, 2.24) is 0 Å². The summed E-state index contributed by atoms with van der Waals surface area (Å²) >= 11 is 6.16. The number of hydrogen-bond donors (Lipinski definition) is 0. The topological polar surface area (TPSA) is 17.1 Å². The van der Waals surface area contributed by atoms with E-state index in [1.54, 1.807) is 0 Å². The lowest BCUT2D eigenvalue weighted by Crippen LogP contribution is -2.09. The second-order valence-corrected chi connectivity index (χ2v) is 3.15. The van der Waals surface area contributed by atoms with Gasteiger partial charge in [-0.25, -0.2) is 0 Å². The first-order valence-corrected chi connectivity index (χ1v) is 3.95. The molecule has 0 saturated heterocycles. The summed E-state index contributed by atoms with van der Waals surface area (Å²) in [5, 5.41) is 0.444. The van der Waals surface area contributed by atoms with Crippen LogP contribution >= 0.6 is 31.9 Å². The molecule has 0 saturated carbocycles. The van der Waals surface area contributed by atoms with Crippen LogP contribution in [0, 0.1) is 0 Å². The SMILES string of the molecule is CC(Br)C(=O)CBr. The molecular formula is C4H6Br2O. The fourth-order valence-corrected chi connectivity index (χ4v) is 1.19. The number of hydrogen-bond acceptors (Lipinski definition) is 1. The number of rotatable bonds is 2. The first kappa shape index (κ1) is 7.63. The Labute approximate surface area is 59.7 Å². The van der Waals surface area contributed by atoms with E-state index in [9.17, 15) is 4.79 Å². The van der Waals surface area contributed by atoms with Crippen LogP contribution < -0.4 is 0 Å². The minimum Gasteiger partial charge on any atom is -0.298 e. The van der Waals surface area contributed by atoms with Gasteiger partial charge in [-0.05, 0) is 6.92 Å². The molecule has 1 atom stereocenters. The molecule has 3 heteroatoms. The Morgan fingerprint density at radius 3 is 2.29 bits per heavy atom. The third-order valence-corrected chi connectivity index (χ3v) is 1.64. The molecule has 0 fully saturated rings. The third-order valence-electron chi connectivity index (χ3n) is 0.575. The van der Waals surface area contributed by atoms with E-state index in [-0.39, 0.29) is 10.6 Å². The van der Waals surface area contributed by atoms with E-state index >= 15 is 0 Å². The van der Waals surface area contributed by atoms with Crippen LogP contribution in [0.2, 0.25) is 0 Å². The van der Waals surface area contributed by atoms with Crippen molar-refractivity contribution >= 4 is 37.6 Å². The monoisotopic (exact) mass is 228 g/mol. The molecule has 0 aliphatic heterocycles. The quantitative estimate of drug-likeness (QED) is 0.660. The molecule has 1 nitrogen and oxygen atoms in total. The third kappa shape index (κ3) is 3.23. The standard InChI is InChI=1S/C4H6Br2O/c1-3(6)4(7)2-5/h3H,2H2,1H3. The lowest BCUT2D eigenvalue weighted by atomic mass is 10.4. The number of carbonyl (C=O) groups excluding carboxylic acids is 1. The minimum absolute atomic E-state index is 0.00752. The first-order chi connectivity index (χ1) is 3.18. The highest BCUT2D eigenvalue weighted by atomic mass is 79.9. The Morgan fingerprint density at radius 2 is 2.29 bits per heavy atom. The van der Waals surface area contributed by atoms with Gasteiger partial charge in [-0.2, -0.15) is 0 Å². The number of Topliss-reactive ketones (excluding diaryl/α,β-unsaturated/α-hetero) is 1. The van der Waals surface area contributed by atoms with Crippen LogP contribution in [-0.2, 0) is 4.79 Å². The smallest absolute Gasteiger partial charge is 0.156 e. The summed E-state index contributed by atoms with van der Waals surface area (Å²) in [7, 11) is 0. The van der Waals surface area contributed by atoms with Crippen LogP contribution in [0.1, 0.15) is 6.92 Å². The van der Waals surface area contributed by atoms with Crippen molar-refractivity contribution in [2.75, 3.05) is 5.33 Å². The Bertz CT molecular complexity index is 70.1. The molecule has 0 aromatic heterocycles. The summed E-state index contributed by atoms with van der Waals surface area (Å²) in [6.07, 6.45) is 0. The normalized spacial score (nSPS) is 13.6. The number of ketones is 1. The summed E-state index contributed by atoms with van der Waals surface area (Å²) in [6, 6.07) is 0. The number of halogens is 2. The van der Waals surface area contributed by atoms with Gasteiger partial charge in [0.05, 0.1) is 10.2 Å². The van der Waals surface area contributed by atoms with Crippen molar-refractivity contribution in [3.05, 3.63) is 0 Å². The maximum atomic E-state index is 10.4. The maximum Gasteiger partial charge on any atom is 0.156 e. The van der Waals surface area contributed by atoms with Gasteiger partial charge >= 0.3 is 0 Å². The highest BCUT2D eigenvalue weighted by Crippen LogP contribution is 1.99. The van der Waals surface area contributed by atoms with Crippen LogP contribution in [0.25, 0.3) is 0 Å². The fourth-order valence-electron chi connectivity index (χ4n) is 0.106. The van der Waals surface area contributed by atoms with E-state index < -0.39 is 0 Å². The van der Waals surface area contributed by atoms with Crippen LogP contribution in [-0.4, -0.2) is 15.9 Å². The molecule has 0 bridgehead atoms. The number of alkyl halides is 2. The summed E-state index contributed by atoms with van der Waals surface area (Å²) in [6.45, 7) is 1.81. The predicted molar refractivity (Wildman–Crippen MR) is 37.2 cm³/mol. The average Bonchev–Trinajstić information content (AvgIpc) is 1.65. The molecule has 0 N–H and O–H groups in total. The van der Waals surface area contributed by atoms with Crippen molar-refractivity contribution in [1.29, 1.82) is 0 Å². The van der Waals surface area contributed by atoms with E-state index in [1.807, 2.05) is 6.92 Å². The molecule has 42 valence electrons. The lowest BCUT2D eigenvalue weighted by Gasteiger charge is -1.92. The van der Waals surface area contributed by atoms with Gasteiger partial charge in [-0.1, -0.05) is 31.9 Å². The Kier molecular flexibility index (Phi) is 3.93. The second kappa shape index (κ2) is 3.61. The fraction of sp³-hybridized carbons (Fsp3) is 0.750. The van der Waals surface area contributed by atoms with Crippen LogP contribution in [0.5, 0.6) is 0 Å². The molecule has 0 radical (unpaired) electrons. The second-order valence-electron chi connectivity index (χ2n) is 1.22. The van der Waals surface area contributed by atoms with Crippen LogP contribution in [0.15, 0.2) is 0 Å². The van der Waals surface area contributed by atoms with Gasteiger partial charge in [-0.15, -0.1) is 0 Å². The predicted octanol–water partition coefficient (Wildman–Crippen LogP) is 1.73.